The van der Waals surface area contributed by atoms with Crippen LogP contribution in [0.3, 0.4) is 0 Å². The van der Waals surface area contributed by atoms with Crippen molar-refractivity contribution in [2.45, 2.75) is 57.1 Å². The molecule has 2 amide bonds. The Hall–Kier alpha value is -3.37. The second-order valence-electron chi connectivity index (χ2n) is 11.1. The molecule has 0 bridgehead atoms. The molecule has 242 valence electrons. The van der Waals surface area contributed by atoms with Crippen LogP contribution in [0.15, 0.2) is 106 Å². The van der Waals surface area contributed by atoms with Gasteiger partial charge in [0.1, 0.15) is 12.6 Å². The monoisotopic (exact) mass is 743 g/mol. The Labute approximate surface area is 289 Å². The van der Waals surface area contributed by atoms with Crippen LogP contribution in [-0.4, -0.2) is 43.8 Å². The lowest BCUT2D eigenvalue weighted by Gasteiger charge is -2.34. The molecule has 0 saturated heterocycles. The molecule has 46 heavy (non-hydrogen) atoms. The number of anilines is 1. The number of halogens is 3. The van der Waals surface area contributed by atoms with Crippen molar-refractivity contribution in [3.8, 4) is 0 Å². The number of nitrogens with one attached hydrogen (secondary N) is 1. The molecule has 0 aliphatic rings. The summed E-state index contributed by atoms with van der Waals surface area (Å²) >= 11 is 16.2. The van der Waals surface area contributed by atoms with E-state index in [2.05, 4.69) is 21.2 Å². The van der Waals surface area contributed by atoms with Gasteiger partial charge in [0.2, 0.25) is 11.8 Å². The Bertz CT molecular complexity index is 1770. The van der Waals surface area contributed by atoms with Crippen molar-refractivity contribution in [2.75, 3.05) is 10.8 Å². The first-order valence-electron chi connectivity index (χ1n) is 14.8. The predicted molar refractivity (Wildman–Crippen MR) is 189 cm³/mol. The Balaban J connectivity index is 1.83. The number of sulfonamides is 1. The number of nitrogens with zero attached hydrogens (tertiary/aromatic N) is 2. The topological polar surface area (TPSA) is 86.8 Å². The van der Waals surface area contributed by atoms with Gasteiger partial charge in [0.15, 0.2) is 0 Å². The van der Waals surface area contributed by atoms with Gasteiger partial charge in [0.05, 0.1) is 10.6 Å². The molecule has 0 aromatic heterocycles. The van der Waals surface area contributed by atoms with Gasteiger partial charge in [-0.25, -0.2) is 8.42 Å². The number of hydrogen-bond acceptors (Lipinski definition) is 4. The summed E-state index contributed by atoms with van der Waals surface area (Å²) in [4.78, 5) is 30.0. The molecule has 0 radical (unpaired) electrons. The van der Waals surface area contributed by atoms with E-state index < -0.39 is 28.5 Å². The van der Waals surface area contributed by atoms with Crippen LogP contribution in [-0.2, 0) is 32.6 Å². The quantitative estimate of drug-likeness (QED) is 0.151. The van der Waals surface area contributed by atoms with Crippen LogP contribution in [0.1, 0.15) is 37.0 Å². The molecule has 2 atom stereocenters. The molecular formula is C35H36BrCl2N3O4S. The highest BCUT2D eigenvalue weighted by Gasteiger charge is 2.35. The molecule has 0 fully saturated rings. The third-order valence-corrected chi connectivity index (χ3v) is 10.5. The number of aryl methyl sites for hydroxylation is 1. The Morgan fingerprint density at radius 3 is 2.24 bits per heavy atom. The van der Waals surface area contributed by atoms with Crippen molar-refractivity contribution in [3.63, 3.8) is 0 Å². The Morgan fingerprint density at radius 1 is 0.913 bits per heavy atom. The fourth-order valence-electron chi connectivity index (χ4n) is 4.83. The lowest BCUT2D eigenvalue weighted by molar-refractivity contribution is -0.140. The van der Waals surface area contributed by atoms with Crippen LogP contribution in [0.2, 0.25) is 10.0 Å². The van der Waals surface area contributed by atoms with Crippen molar-refractivity contribution in [1.29, 1.82) is 0 Å². The molecule has 0 aliphatic carbocycles. The first-order chi connectivity index (χ1) is 21.9. The summed E-state index contributed by atoms with van der Waals surface area (Å²) in [6.07, 6.45) is 0.883. The highest BCUT2D eigenvalue weighted by molar-refractivity contribution is 9.10. The molecule has 0 unspecified atom stereocenters. The van der Waals surface area contributed by atoms with E-state index in [9.17, 15) is 18.0 Å². The molecule has 4 rings (SSSR count). The normalized spacial score (nSPS) is 12.7. The third kappa shape index (κ3) is 9.12. The van der Waals surface area contributed by atoms with E-state index in [1.165, 1.54) is 17.0 Å². The molecule has 7 nitrogen and oxygen atoms in total. The highest BCUT2D eigenvalue weighted by atomic mass is 79.9. The van der Waals surface area contributed by atoms with E-state index in [4.69, 9.17) is 23.2 Å². The van der Waals surface area contributed by atoms with Gasteiger partial charge in [0, 0.05) is 33.5 Å². The summed E-state index contributed by atoms with van der Waals surface area (Å²) < 4.78 is 30.1. The summed E-state index contributed by atoms with van der Waals surface area (Å²) in [5.74, 6) is -0.936. The molecule has 1 N–H and O–H groups in total. The maximum Gasteiger partial charge on any atom is 0.264 e. The van der Waals surface area contributed by atoms with Crippen molar-refractivity contribution in [2.24, 2.45) is 0 Å². The van der Waals surface area contributed by atoms with Crippen LogP contribution in [0.5, 0.6) is 0 Å². The van der Waals surface area contributed by atoms with Crippen LogP contribution in [0, 0.1) is 6.92 Å². The van der Waals surface area contributed by atoms with Crippen LogP contribution >= 0.6 is 39.1 Å². The van der Waals surface area contributed by atoms with E-state index in [-0.39, 0.29) is 35.5 Å². The minimum absolute atomic E-state index is 0.0357. The predicted octanol–water partition coefficient (Wildman–Crippen LogP) is 7.81. The van der Waals surface area contributed by atoms with E-state index in [1.807, 2.05) is 51.1 Å². The Kier molecular flexibility index (Phi) is 12.3. The van der Waals surface area contributed by atoms with Crippen molar-refractivity contribution >= 4 is 66.7 Å². The van der Waals surface area contributed by atoms with E-state index >= 15 is 0 Å². The lowest BCUT2D eigenvalue weighted by Crippen LogP contribution is -2.54. The maximum atomic E-state index is 14.6. The molecular weight excluding hydrogens is 709 g/mol. The zero-order valence-electron chi connectivity index (χ0n) is 25.8. The molecule has 0 spiro atoms. The second kappa shape index (κ2) is 16.0. The first-order valence-corrected chi connectivity index (χ1v) is 17.8. The largest absolute Gasteiger partial charge is 0.352 e. The smallest absolute Gasteiger partial charge is 0.264 e. The van der Waals surface area contributed by atoms with Gasteiger partial charge >= 0.3 is 0 Å². The number of rotatable bonds is 13. The second-order valence-corrected chi connectivity index (χ2v) is 14.7. The van der Waals surface area contributed by atoms with Gasteiger partial charge in [-0.1, -0.05) is 106 Å². The van der Waals surface area contributed by atoms with Crippen molar-refractivity contribution < 1.29 is 18.0 Å². The number of amides is 2. The average molecular weight is 746 g/mol. The standard InChI is InChI=1S/C35H36BrCl2N3O4S/c1-4-25(3)39-35(43)33(19-26-9-6-5-7-10-26)40(22-27-15-16-29(37)21-32(27)38)34(42)23-41(30-12-8-11-28(36)20-30)46(44,45)31-17-13-24(2)14-18-31/h5-18,20-21,25,33H,4,19,22-23H2,1-3H3,(H,39,43)/t25-,33-/m1/s1. The van der Waals surface area contributed by atoms with E-state index in [0.717, 1.165) is 15.4 Å². The number of carbonyl (C=O) groups excluding carboxylic acids is 2. The summed E-state index contributed by atoms with van der Waals surface area (Å²) in [6, 6.07) is 26.4. The lowest BCUT2D eigenvalue weighted by atomic mass is 10.0. The minimum atomic E-state index is -4.21. The SMILES string of the molecule is CC[C@@H](C)NC(=O)[C@@H](Cc1ccccc1)N(Cc1ccc(Cl)cc1Cl)C(=O)CN(c1cccc(Br)c1)S(=O)(=O)c1ccc(C)cc1. The van der Waals surface area contributed by atoms with Gasteiger partial charge < -0.3 is 10.2 Å². The van der Waals surface area contributed by atoms with Crippen molar-refractivity contribution in [3.05, 3.63) is 128 Å². The first kappa shape index (κ1) is 35.5. The fraction of sp³-hybridized carbons (Fsp3) is 0.257. The molecule has 11 heteroatoms. The molecule has 0 saturated carbocycles. The van der Waals surface area contributed by atoms with Crippen LogP contribution in [0.25, 0.3) is 0 Å². The van der Waals surface area contributed by atoms with Gasteiger partial charge in [-0.05, 0) is 73.9 Å². The van der Waals surface area contributed by atoms with Gasteiger partial charge in [-0.2, -0.15) is 0 Å². The zero-order chi connectivity index (χ0) is 33.4. The molecule has 4 aromatic rings. The van der Waals surface area contributed by atoms with Crippen molar-refractivity contribution in [1.82, 2.24) is 10.2 Å². The average Bonchev–Trinajstić information content (AvgIpc) is 3.02. The van der Waals surface area contributed by atoms with Crippen LogP contribution < -0.4 is 9.62 Å². The van der Waals surface area contributed by atoms with E-state index in [1.54, 1.807) is 54.6 Å². The summed E-state index contributed by atoms with van der Waals surface area (Å²) in [5.41, 5.74) is 2.58. The summed E-state index contributed by atoms with van der Waals surface area (Å²) in [6.45, 7) is 5.09. The highest BCUT2D eigenvalue weighted by Crippen LogP contribution is 2.29. The molecule has 4 aromatic carbocycles. The zero-order valence-corrected chi connectivity index (χ0v) is 29.7. The Morgan fingerprint density at radius 2 is 1.61 bits per heavy atom. The fourth-order valence-corrected chi connectivity index (χ4v) is 7.09. The summed E-state index contributed by atoms with van der Waals surface area (Å²) in [5, 5.41) is 3.77. The number of carbonyl (C=O) groups is 2. The summed E-state index contributed by atoms with van der Waals surface area (Å²) in [7, 11) is -4.21. The van der Waals surface area contributed by atoms with Crippen LogP contribution in [0.4, 0.5) is 5.69 Å². The minimum Gasteiger partial charge on any atom is -0.352 e. The number of benzene rings is 4. The van der Waals surface area contributed by atoms with Gasteiger partial charge in [-0.3, -0.25) is 13.9 Å². The molecule has 0 aliphatic heterocycles. The van der Waals surface area contributed by atoms with Gasteiger partial charge in [-0.15, -0.1) is 0 Å². The molecule has 0 heterocycles. The third-order valence-electron chi connectivity index (χ3n) is 7.61. The van der Waals surface area contributed by atoms with E-state index in [0.29, 0.717) is 26.5 Å². The number of hydrogen-bond donors (Lipinski definition) is 1. The maximum absolute atomic E-state index is 14.6. The van der Waals surface area contributed by atoms with Gasteiger partial charge in [0.25, 0.3) is 10.0 Å².